The highest BCUT2D eigenvalue weighted by molar-refractivity contribution is 5.02. The Hall–Kier alpha value is -0.910. The van der Waals surface area contributed by atoms with Gasteiger partial charge in [-0.15, -0.1) is 0 Å². The van der Waals surface area contributed by atoms with Gasteiger partial charge in [-0.05, 0) is 0 Å². The Kier molecular flexibility index (Phi) is 2.54. The second-order valence-electron chi connectivity index (χ2n) is 3.68. The molecule has 0 radical (unpaired) electrons. The van der Waals surface area contributed by atoms with Crippen LogP contribution in [0.1, 0.15) is 11.9 Å². The number of aromatic nitrogens is 2. The van der Waals surface area contributed by atoms with Crippen LogP contribution in [0, 0.1) is 0 Å². The molecule has 78 valence electrons. The molecule has 0 saturated carbocycles. The fourth-order valence-electron chi connectivity index (χ4n) is 1.73. The number of methoxy groups -OCH3 is 1. The molecule has 0 N–H and O–H groups in total. The highest BCUT2D eigenvalue weighted by Crippen LogP contribution is 2.21. The molecule has 0 saturated heterocycles. The minimum atomic E-state index is 0.0728. The van der Waals surface area contributed by atoms with Gasteiger partial charge in [-0.25, -0.2) is 15.0 Å². The van der Waals surface area contributed by atoms with E-state index in [9.17, 15) is 0 Å². The number of hydrazine groups is 1. The number of rotatable bonds is 2. The maximum Gasteiger partial charge on any atom is 0.148 e. The maximum atomic E-state index is 5.41. The average molecular weight is 196 g/mol. The third kappa shape index (κ3) is 1.54. The predicted octanol–water partition coefficient (Wildman–Crippen LogP) is 0.320. The molecule has 5 heteroatoms. The van der Waals surface area contributed by atoms with Crippen molar-refractivity contribution in [3.63, 3.8) is 0 Å². The molecule has 0 spiro atoms. The van der Waals surface area contributed by atoms with Crippen molar-refractivity contribution in [2.75, 3.05) is 27.7 Å². The summed E-state index contributed by atoms with van der Waals surface area (Å²) in [6.45, 7) is 1.76. The summed E-state index contributed by atoms with van der Waals surface area (Å²) in [6, 6.07) is 0. The Morgan fingerprint density at radius 2 is 2.36 bits per heavy atom. The Bertz CT molecular complexity index is 310. The van der Waals surface area contributed by atoms with Gasteiger partial charge in [0.1, 0.15) is 6.23 Å². The van der Waals surface area contributed by atoms with Crippen molar-refractivity contribution >= 4 is 0 Å². The first kappa shape index (κ1) is 9.64. The molecule has 14 heavy (non-hydrogen) atoms. The number of hydrogen-bond acceptors (Lipinski definition) is 4. The van der Waals surface area contributed by atoms with Gasteiger partial charge in [-0.2, -0.15) is 0 Å². The minimum absolute atomic E-state index is 0.0728. The second kappa shape index (κ2) is 3.68. The largest absolute Gasteiger partial charge is 0.360 e. The molecule has 1 atom stereocenters. The number of imidazole rings is 1. The quantitative estimate of drug-likeness (QED) is 0.682. The second-order valence-corrected chi connectivity index (χ2v) is 3.68. The van der Waals surface area contributed by atoms with Crippen molar-refractivity contribution in [2.24, 2.45) is 0 Å². The zero-order valence-corrected chi connectivity index (χ0v) is 8.84. The lowest BCUT2D eigenvalue weighted by molar-refractivity contribution is -0.0824. The van der Waals surface area contributed by atoms with Crippen LogP contribution in [0.5, 0.6) is 0 Å². The molecular formula is C9H16N4O. The number of fused-ring (bicyclic) bond motifs is 1. The molecule has 0 fully saturated rings. The highest BCUT2D eigenvalue weighted by atomic mass is 16.5. The van der Waals surface area contributed by atoms with E-state index in [1.807, 2.05) is 26.6 Å². The van der Waals surface area contributed by atoms with Crippen LogP contribution < -0.4 is 0 Å². The van der Waals surface area contributed by atoms with Gasteiger partial charge in [0.05, 0.1) is 25.1 Å². The van der Waals surface area contributed by atoms with Gasteiger partial charge in [0.2, 0.25) is 0 Å². The standard InChI is InChI=1S/C9H16N4O/c1-11(2)12-5-8-4-10-7-13(8)9(6-12)14-3/h4,7,9H,5-6H2,1-3H3. The summed E-state index contributed by atoms with van der Waals surface area (Å²) in [5.74, 6) is 0. The van der Waals surface area contributed by atoms with Crippen molar-refractivity contribution in [1.82, 2.24) is 19.6 Å². The molecule has 1 aliphatic rings. The Morgan fingerprint density at radius 1 is 1.57 bits per heavy atom. The number of hydrogen-bond donors (Lipinski definition) is 0. The van der Waals surface area contributed by atoms with E-state index in [1.165, 1.54) is 5.69 Å². The summed E-state index contributed by atoms with van der Waals surface area (Å²) in [5.41, 5.74) is 1.19. The van der Waals surface area contributed by atoms with Gasteiger partial charge in [-0.1, -0.05) is 0 Å². The summed E-state index contributed by atoms with van der Waals surface area (Å²) in [4.78, 5) is 4.13. The van der Waals surface area contributed by atoms with Crippen LogP contribution >= 0.6 is 0 Å². The summed E-state index contributed by atoms with van der Waals surface area (Å²) >= 11 is 0. The summed E-state index contributed by atoms with van der Waals surface area (Å²) in [6.07, 6.45) is 3.79. The average Bonchev–Trinajstić information content (AvgIpc) is 2.63. The predicted molar refractivity (Wildman–Crippen MR) is 52.4 cm³/mol. The van der Waals surface area contributed by atoms with Crippen molar-refractivity contribution in [1.29, 1.82) is 0 Å². The van der Waals surface area contributed by atoms with E-state index in [0.717, 1.165) is 13.1 Å². The lowest BCUT2D eigenvalue weighted by atomic mass is 10.3. The smallest absolute Gasteiger partial charge is 0.148 e. The van der Waals surface area contributed by atoms with Gasteiger partial charge in [0.15, 0.2) is 0 Å². The van der Waals surface area contributed by atoms with E-state index in [2.05, 4.69) is 19.6 Å². The van der Waals surface area contributed by atoms with Crippen LogP contribution in [-0.4, -0.2) is 47.3 Å². The summed E-state index contributed by atoms with van der Waals surface area (Å²) in [5, 5.41) is 4.31. The highest BCUT2D eigenvalue weighted by Gasteiger charge is 2.25. The Morgan fingerprint density at radius 3 is 3.00 bits per heavy atom. The van der Waals surface area contributed by atoms with E-state index in [4.69, 9.17) is 4.74 Å². The van der Waals surface area contributed by atoms with Crippen LogP contribution in [0.25, 0.3) is 0 Å². The van der Waals surface area contributed by atoms with Crippen LogP contribution in [0.2, 0.25) is 0 Å². The molecule has 0 aliphatic carbocycles. The SMILES string of the molecule is COC1CN(N(C)C)Cc2cncn21. The van der Waals surface area contributed by atoms with Crippen LogP contribution in [0.3, 0.4) is 0 Å². The number of nitrogens with zero attached hydrogens (tertiary/aromatic N) is 4. The van der Waals surface area contributed by atoms with Crippen molar-refractivity contribution in [3.05, 3.63) is 18.2 Å². The first-order valence-electron chi connectivity index (χ1n) is 4.68. The van der Waals surface area contributed by atoms with Crippen LogP contribution in [-0.2, 0) is 11.3 Å². The van der Waals surface area contributed by atoms with Crippen LogP contribution in [0.15, 0.2) is 12.5 Å². The van der Waals surface area contributed by atoms with Gasteiger partial charge in [-0.3, -0.25) is 0 Å². The fraction of sp³-hybridized carbons (Fsp3) is 0.667. The third-order valence-corrected chi connectivity index (χ3v) is 2.61. The van der Waals surface area contributed by atoms with Gasteiger partial charge in [0.25, 0.3) is 0 Å². The fourth-order valence-corrected chi connectivity index (χ4v) is 1.73. The molecule has 1 aromatic heterocycles. The Balaban J connectivity index is 2.24. The first-order valence-corrected chi connectivity index (χ1v) is 4.68. The lowest BCUT2D eigenvalue weighted by Gasteiger charge is -2.36. The molecule has 0 amide bonds. The van der Waals surface area contributed by atoms with Crippen molar-refractivity contribution < 1.29 is 4.74 Å². The van der Waals surface area contributed by atoms with Gasteiger partial charge >= 0.3 is 0 Å². The monoisotopic (exact) mass is 196 g/mol. The zero-order chi connectivity index (χ0) is 10.1. The topological polar surface area (TPSA) is 33.5 Å². The zero-order valence-electron chi connectivity index (χ0n) is 8.84. The van der Waals surface area contributed by atoms with Gasteiger partial charge in [0, 0.05) is 27.4 Å². The normalized spacial score (nSPS) is 22.7. The van der Waals surface area contributed by atoms with E-state index >= 15 is 0 Å². The van der Waals surface area contributed by atoms with Crippen LogP contribution in [0.4, 0.5) is 0 Å². The summed E-state index contributed by atoms with van der Waals surface area (Å²) < 4.78 is 7.49. The molecule has 1 aromatic rings. The molecule has 0 bridgehead atoms. The van der Waals surface area contributed by atoms with Crippen molar-refractivity contribution in [3.8, 4) is 0 Å². The van der Waals surface area contributed by atoms with E-state index in [-0.39, 0.29) is 6.23 Å². The maximum absolute atomic E-state index is 5.41. The molecule has 1 aliphatic heterocycles. The molecule has 1 unspecified atom stereocenters. The van der Waals surface area contributed by atoms with E-state index in [0.29, 0.717) is 0 Å². The summed E-state index contributed by atoms with van der Waals surface area (Å²) in [7, 11) is 5.81. The number of ether oxygens (including phenoxy) is 1. The molecule has 5 nitrogen and oxygen atoms in total. The van der Waals surface area contributed by atoms with E-state index in [1.54, 1.807) is 7.11 Å². The lowest BCUT2D eigenvalue weighted by Crippen LogP contribution is -2.44. The molecule has 0 aromatic carbocycles. The van der Waals surface area contributed by atoms with E-state index < -0.39 is 0 Å². The van der Waals surface area contributed by atoms with Gasteiger partial charge < -0.3 is 9.30 Å². The van der Waals surface area contributed by atoms with Crippen molar-refractivity contribution in [2.45, 2.75) is 12.8 Å². The molecular weight excluding hydrogens is 180 g/mol. The Labute approximate surface area is 83.9 Å². The first-order chi connectivity index (χ1) is 6.72. The molecule has 2 heterocycles. The minimum Gasteiger partial charge on any atom is -0.360 e. The molecule has 2 rings (SSSR count). The third-order valence-electron chi connectivity index (χ3n) is 2.61.